The third-order valence-corrected chi connectivity index (χ3v) is 10.9. The van der Waals surface area contributed by atoms with Crippen molar-refractivity contribution in [3.63, 3.8) is 0 Å². The average molecular weight is 823 g/mol. The van der Waals surface area contributed by atoms with E-state index in [0.717, 1.165) is 4.90 Å². The smallest absolute Gasteiger partial charge is 0.248 e. The molecule has 3 rings (SSSR count). The molecule has 23 heteroatoms. The van der Waals surface area contributed by atoms with Gasteiger partial charge in [-0.1, -0.05) is 20.3 Å². The van der Waals surface area contributed by atoms with Crippen LogP contribution >= 0.6 is 0 Å². The summed E-state index contributed by atoms with van der Waals surface area (Å²) < 4.78 is 13.9. The summed E-state index contributed by atoms with van der Waals surface area (Å²) in [5.41, 5.74) is 15.6. The van der Waals surface area contributed by atoms with Gasteiger partial charge < -0.3 is 73.5 Å². The third-order valence-electron chi connectivity index (χ3n) is 9.35. The number of carbonyl (C=O) groups excluding carboxylic acids is 8. The predicted molar refractivity (Wildman–Crippen MR) is 201 cm³/mol. The van der Waals surface area contributed by atoms with Gasteiger partial charge in [0.15, 0.2) is 18.0 Å². The van der Waals surface area contributed by atoms with Crippen LogP contribution in [0.2, 0.25) is 0 Å². The van der Waals surface area contributed by atoms with Gasteiger partial charge in [0.2, 0.25) is 46.4 Å². The first-order valence-corrected chi connectivity index (χ1v) is 19.1. The SMILES string of the molecule is CC[C@H](C)[C@H](NC(=O)CNC(=O)CN)C(=O)NCC(=O)N[C@H](C[S@@+]([O-])c1[nH]c2cc(O)cc(CO)c2c1C)C(=O)N[C@@H](CC(N)=O)C(=O)N1C[C@H](O)C[C@@]1(N)C=O. The molecule has 1 aromatic heterocycles. The van der Waals surface area contributed by atoms with E-state index in [2.05, 4.69) is 31.6 Å². The molecule has 1 fully saturated rings. The molecular weight excluding hydrogens is 772 g/mol. The van der Waals surface area contributed by atoms with Crippen molar-refractivity contribution in [2.24, 2.45) is 23.1 Å². The summed E-state index contributed by atoms with van der Waals surface area (Å²) >= 11 is -2.16. The second-order valence-electron chi connectivity index (χ2n) is 13.7. The number of carbonyl (C=O) groups is 8. The number of β-amino-alcohol motifs (C(OH)–C–C–N with tert-alkyl or cyclic N) is 1. The molecule has 7 amide bonds. The van der Waals surface area contributed by atoms with Crippen LogP contribution in [0.15, 0.2) is 17.2 Å². The van der Waals surface area contributed by atoms with Crippen molar-refractivity contribution < 1.29 is 58.2 Å². The number of aryl methyl sites for hydroxylation is 1. The normalized spacial score (nSPS) is 19.1. The zero-order chi connectivity index (χ0) is 42.8. The van der Waals surface area contributed by atoms with Crippen LogP contribution < -0.4 is 43.8 Å². The Morgan fingerprint density at radius 1 is 1.05 bits per heavy atom. The Morgan fingerprint density at radius 3 is 2.30 bits per heavy atom. The molecule has 15 N–H and O–H groups in total. The van der Waals surface area contributed by atoms with Gasteiger partial charge in [-0.3, -0.25) is 38.4 Å². The Kier molecular flexibility index (Phi) is 16.3. The van der Waals surface area contributed by atoms with E-state index in [-0.39, 0.29) is 30.0 Å². The number of aliphatic hydroxyl groups is 2. The molecule has 314 valence electrons. The lowest BCUT2D eigenvalue weighted by molar-refractivity contribution is -0.144. The van der Waals surface area contributed by atoms with E-state index < -0.39 is 127 Å². The van der Waals surface area contributed by atoms with Crippen molar-refractivity contribution in [1.29, 1.82) is 0 Å². The van der Waals surface area contributed by atoms with Crippen molar-refractivity contribution in [1.82, 2.24) is 36.5 Å². The highest BCUT2D eigenvalue weighted by molar-refractivity contribution is 7.91. The van der Waals surface area contributed by atoms with E-state index in [0.29, 0.717) is 28.5 Å². The summed E-state index contributed by atoms with van der Waals surface area (Å²) in [6.07, 6.45) is -1.71. The number of fused-ring (bicyclic) bond motifs is 1. The highest BCUT2D eigenvalue weighted by Crippen LogP contribution is 2.32. The maximum atomic E-state index is 13.9. The first-order valence-electron chi connectivity index (χ1n) is 17.8. The molecule has 0 saturated carbocycles. The van der Waals surface area contributed by atoms with Crippen molar-refractivity contribution in [3.05, 3.63) is 23.3 Å². The van der Waals surface area contributed by atoms with Crippen molar-refractivity contribution >= 4 is 69.7 Å². The summed E-state index contributed by atoms with van der Waals surface area (Å²) in [6.45, 7) is 2.48. The number of aromatic nitrogens is 1. The second-order valence-corrected chi connectivity index (χ2v) is 15.1. The molecule has 22 nitrogen and oxygen atoms in total. The summed E-state index contributed by atoms with van der Waals surface area (Å²) in [6, 6.07) is -2.03. The van der Waals surface area contributed by atoms with Gasteiger partial charge in [0, 0.05) is 41.2 Å². The van der Waals surface area contributed by atoms with Gasteiger partial charge in [0.1, 0.15) is 23.6 Å². The Bertz CT molecular complexity index is 1860. The topological polar surface area (TPSA) is 378 Å². The Morgan fingerprint density at radius 2 is 1.70 bits per heavy atom. The standard InChI is InChI=1S/C34H50N10O12S/c1-4-16(2)29(43-27(52)10-38-25(50)9-35)31(54)39-11-26(51)40-23(14-57(56)32-17(3)28-18(13-45)5-19(47)6-21(28)42-32)30(53)41-22(7-24(36)49)33(55)44-12-20(48)8-34(44,37)15-46/h5-6,15-16,20,22-23,29,42,45,47-48H,4,7-14,35,37H2,1-3H3,(H2,36,49)(H,38,50)(H,39,54)(H,40,51)(H,41,53)(H,43,52)/t16-,20+,22-,23+,29-,34-,57+/m0/s1. The average Bonchev–Trinajstić information content (AvgIpc) is 3.67. The molecule has 1 aromatic carbocycles. The molecule has 7 atom stereocenters. The molecule has 57 heavy (non-hydrogen) atoms. The van der Waals surface area contributed by atoms with Crippen LogP contribution in [0, 0.1) is 12.8 Å². The van der Waals surface area contributed by atoms with E-state index in [1.54, 1.807) is 20.8 Å². The summed E-state index contributed by atoms with van der Waals surface area (Å²) in [5.74, 6) is -7.68. The van der Waals surface area contributed by atoms with Crippen LogP contribution in [0.3, 0.4) is 0 Å². The lowest BCUT2D eigenvalue weighted by atomic mass is 9.98. The number of hydrogen-bond acceptors (Lipinski definition) is 14. The number of likely N-dealkylation sites (tertiary alicyclic amines) is 1. The number of phenols is 1. The van der Waals surface area contributed by atoms with Crippen LogP contribution in [0.25, 0.3) is 10.9 Å². The molecule has 1 aliphatic heterocycles. The number of aldehydes is 1. The van der Waals surface area contributed by atoms with Gasteiger partial charge in [-0.05, 0) is 24.5 Å². The van der Waals surface area contributed by atoms with Crippen molar-refractivity contribution in [2.45, 2.75) is 81.6 Å². The number of amides is 7. The lowest BCUT2D eigenvalue weighted by Crippen LogP contribution is -2.62. The number of nitrogens with one attached hydrogen (secondary N) is 6. The number of H-pyrrole nitrogens is 1. The number of aromatic amines is 1. The van der Waals surface area contributed by atoms with Crippen molar-refractivity contribution in [2.75, 3.05) is 31.9 Å². The minimum atomic E-state index is -2.16. The third kappa shape index (κ3) is 11.8. The number of rotatable bonds is 20. The van der Waals surface area contributed by atoms with Gasteiger partial charge in [0.25, 0.3) is 0 Å². The molecule has 0 bridgehead atoms. The number of nitrogens with zero attached hydrogens (tertiary/aromatic N) is 1. The number of benzene rings is 1. The number of hydrogen-bond donors (Lipinski definition) is 12. The molecule has 1 saturated heterocycles. The highest BCUT2D eigenvalue weighted by atomic mass is 32.2. The molecule has 2 aromatic rings. The molecule has 2 heterocycles. The molecule has 0 aliphatic carbocycles. The van der Waals surface area contributed by atoms with Gasteiger partial charge in [0.05, 0.1) is 44.3 Å². The number of aliphatic hydroxyl groups excluding tert-OH is 2. The molecule has 0 spiro atoms. The number of nitrogens with two attached hydrogens (primary N) is 3. The maximum absolute atomic E-state index is 13.9. The first kappa shape index (κ1) is 46.1. The second kappa shape index (κ2) is 20.2. The van der Waals surface area contributed by atoms with E-state index >= 15 is 0 Å². The number of aromatic hydroxyl groups is 1. The van der Waals surface area contributed by atoms with Gasteiger partial charge >= 0.3 is 0 Å². The van der Waals surface area contributed by atoms with Gasteiger partial charge in [-0.25, -0.2) is 0 Å². The zero-order valence-corrected chi connectivity index (χ0v) is 32.4. The van der Waals surface area contributed by atoms with E-state index in [4.69, 9.17) is 17.2 Å². The quantitative estimate of drug-likeness (QED) is 0.0439. The molecule has 0 unspecified atom stereocenters. The number of phenolic OH excluding ortho intramolecular Hbond substituents is 1. The Labute approximate surface area is 329 Å². The van der Waals surface area contributed by atoms with Crippen molar-refractivity contribution in [3.8, 4) is 5.75 Å². The largest absolute Gasteiger partial charge is 0.610 e. The van der Waals surface area contributed by atoms with Crippen LogP contribution in [0.1, 0.15) is 44.2 Å². The van der Waals surface area contributed by atoms with E-state index in [1.165, 1.54) is 12.1 Å². The van der Waals surface area contributed by atoms with E-state index in [1.807, 2.05) is 0 Å². The fourth-order valence-electron chi connectivity index (χ4n) is 6.23. The van der Waals surface area contributed by atoms with Gasteiger partial charge in [-0.2, -0.15) is 0 Å². The molecule has 1 aliphatic rings. The van der Waals surface area contributed by atoms with Crippen LogP contribution in [-0.2, 0) is 56.1 Å². The fraction of sp³-hybridized carbons (Fsp3) is 0.529. The summed E-state index contributed by atoms with van der Waals surface area (Å²) in [7, 11) is 0. The molecular formula is C34H50N10O12S. The maximum Gasteiger partial charge on any atom is 0.248 e. The monoisotopic (exact) mass is 822 g/mol. The highest BCUT2D eigenvalue weighted by Gasteiger charge is 2.47. The van der Waals surface area contributed by atoms with Crippen LogP contribution in [0.5, 0.6) is 5.75 Å². The minimum absolute atomic E-state index is 0.0511. The van der Waals surface area contributed by atoms with E-state index in [9.17, 15) is 58.2 Å². The van der Waals surface area contributed by atoms with Crippen LogP contribution in [-0.4, -0.2) is 139 Å². The van der Waals surface area contributed by atoms with Crippen LogP contribution in [0.4, 0.5) is 0 Å². The number of primary amides is 1. The summed E-state index contributed by atoms with van der Waals surface area (Å²) in [5, 5.41) is 42.4. The Hall–Kier alpha value is -5.33. The molecule has 0 radical (unpaired) electrons. The summed E-state index contributed by atoms with van der Waals surface area (Å²) in [4.78, 5) is 105. The first-order chi connectivity index (χ1) is 26.8. The predicted octanol–water partition coefficient (Wildman–Crippen LogP) is -5.20. The fourth-order valence-corrected chi connectivity index (χ4v) is 7.60. The lowest BCUT2D eigenvalue weighted by Gasteiger charge is -2.33. The Balaban J connectivity index is 1.90. The minimum Gasteiger partial charge on any atom is -0.610 e. The van der Waals surface area contributed by atoms with Gasteiger partial charge in [-0.15, -0.1) is 0 Å². The zero-order valence-electron chi connectivity index (χ0n) is 31.6.